The molecule has 1 aliphatic rings. The predicted octanol–water partition coefficient (Wildman–Crippen LogP) is -1.25. The highest BCUT2D eigenvalue weighted by Gasteiger charge is 2.21. The van der Waals surface area contributed by atoms with Crippen LogP contribution in [0.15, 0.2) is 17.4 Å². The fourth-order valence-corrected chi connectivity index (χ4v) is 1.27. The molecule has 64 valence electrons. The summed E-state index contributed by atoms with van der Waals surface area (Å²) < 4.78 is 0.941. The average Bonchev–Trinajstić information content (AvgIpc) is 2.39. The molecule has 11 heavy (non-hydrogen) atoms. The van der Waals surface area contributed by atoms with Crippen molar-refractivity contribution in [3.05, 3.63) is 12.4 Å². The van der Waals surface area contributed by atoms with Crippen molar-refractivity contribution in [3.63, 3.8) is 0 Å². The number of aliphatic imine (C=N–C) groups is 1. The molecule has 0 bridgehead atoms. The molecule has 0 saturated heterocycles. The monoisotopic (exact) mass is 266 g/mol. The molecule has 0 aromatic rings. The van der Waals surface area contributed by atoms with Gasteiger partial charge < -0.3 is 24.0 Å². The van der Waals surface area contributed by atoms with E-state index in [-0.39, 0.29) is 24.0 Å². The average molecular weight is 266 g/mol. The molecule has 1 atom stereocenters. The van der Waals surface area contributed by atoms with E-state index in [9.17, 15) is 0 Å². The predicted molar refractivity (Wildman–Crippen MR) is 43.6 cm³/mol. The molecule has 2 nitrogen and oxygen atoms in total. The first-order chi connectivity index (χ1) is 4.83. The van der Waals surface area contributed by atoms with Gasteiger partial charge in [-0.15, -0.1) is 0 Å². The van der Waals surface area contributed by atoms with Crippen LogP contribution in [0.25, 0.3) is 0 Å². The molecule has 3 heteroatoms. The Morgan fingerprint density at radius 1 is 1.36 bits per heavy atom. The number of hydrogen-bond acceptors (Lipinski definition) is 1. The molecular formula is C8H15IN2. The Morgan fingerprint density at radius 2 is 2.09 bits per heavy atom. The summed E-state index contributed by atoms with van der Waals surface area (Å²) in [5.41, 5.74) is 0. The molecule has 0 fully saturated rings. The Kier molecular flexibility index (Phi) is 4.92. The summed E-state index contributed by atoms with van der Waals surface area (Å²) in [6.45, 7) is 6.69. The minimum atomic E-state index is 0. The molecule has 0 aromatic heterocycles. The highest BCUT2D eigenvalue weighted by molar-refractivity contribution is 5.50. The van der Waals surface area contributed by atoms with Crippen LogP contribution in [0.4, 0.5) is 0 Å². The highest BCUT2D eigenvalue weighted by Crippen LogP contribution is 2.10. The lowest BCUT2D eigenvalue weighted by molar-refractivity contribution is -0.777. The SMILES string of the molecule is CCC[N+]1(CC)C=CN=C1.[I-]. The van der Waals surface area contributed by atoms with Crippen LogP contribution in [0.3, 0.4) is 0 Å². The summed E-state index contributed by atoms with van der Waals surface area (Å²) in [5.74, 6) is 0. The third kappa shape index (κ3) is 2.56. The number of quaternary nitrogens is 1. The molecular weight excluding hydrogens is 251 g/mol. The van der Waals surface area contributed by atoms with Gasteiger partial charge in [-0.25, -0.2) is 4.99 Å². The summed E-state index contributed by atoms with van der Waals surface area (Å²) in [6.07, 6.45) is 7.27. The van der Waals surface area contributed by atoms with Gasteiger partial charge in [0, 0.05) is 0 Å². The molecule has 0 spiro atoms. The van der Waals surface area contributed by atoms with Crippen molar-refractivity contribution in [1.82, 2.24) is 0 Å². The van der Waals surface area contributed by atoms with Crippen molar-refractivity contribution in [2.75, 3.05) is 13.1 Å². The molecule has 0 amide bonds. The van der Waals surface area contributed by atoms with Crippen molar-refractivity contribution in [3.8, 4) is 0 Å². The normalized spacial score (nSPS) is 27.1. The Hall–Kier alpha value is 0.100. The number of rotatable bonds is 3. The van der Waals surface area contributed by atoms with E-state index >= 15 is 0 Å². The Bertz CT molecular complexity index is 151. The van der Waals surface area contributed by atoms with Crippen molar-refractivity contribution in [2.45, 2.75) is 20.3 Å². The molecule has 1 aliphatic heterocycles. The van der Waals surface area contributed by atoms with Crippen LogP contribution in [0.2, 0.25) is 0 Å². The van der Waals surface area contributed by atoms with E-state index in [1.54, 1.807) is 0 Å². The number of halogens is 1. The molecule has 0 N–H and O–H groups in total. The van der Waals surface area contributed by atoms with Gasteiger partial charge in [-0.05, 0) is 13.3 Å². The van der Waals surface area contributed by atoms with E-state index in [0.717, 1.165) is 11.0 Å². The van der Waals surface area contributed by atoms with E-state index in [1.807, 2.05) is 12.5 Å². The summed E-state index contributed by atoms with van der Waals surface area (Å²) in [4.78, 5) is 4.09. The lowest BCUT2D eigenvalue weighted by Gasteiger charge is -2.24. The van der Waals surface area contributed by atoms with E-state index in [0.29, 0.717) is 0 Å². The second-order valence-electron chi connectivity index (χ2n) is 2.71. The number of hydrogen-bond donors (Lipinski definition) is 0. The Morgan fingerprint density at radius 3 is 2.45 bits per heavy atom. The van der Waals surface area contributed by atoms with E-state index in [1.165, 1.54) is 13.0 Å². The fourth-order valence-electron chi connectivity index (χ4n) is 1.27. The molecule has 0 saturated carbocycles. The van der Waals surface area contributed by atoms with E-state index in [4.69, 9.17) is 0 Å². The van der Waals surface area contributed by atoms with Crippen molar-refractivity contribution >= 4 is 6.34 Å². The van der Waals surface area contributed by atoms with Gasteiger partial charge >= 0.3 is 0 Å². The summed E-state index contributed by atoms with van der Waals surface area (Å²) in [7, 11) is 0. The third-order valence-electron chi connectivity index (χ3n) is 1.97. The Labute approximate surface area is 85.6 Å². The largest absolute Gasteiger partial charge is 1.00 e. The van der Waals surface area contributed by atoms with Gasteiger partial charge in [0.2, 0.25) is 0 Å². The van der Waals surface area contributed by atoms with Gasteiger partial charge in [-0.3, -0.25) is 4.48 Å². The lowest BCUT2D eigenvalue weighted by atomic mass is 10.3. The van der Waals surface area contributed by atoms with Crippen LogP contribution < -0.4 is 24.0 Å². The highest BCUT2D eigenvalue weighted by atomic mass is 127. The summed E-state index contributed by atoms with van der Waals surface area (Å²) in [6, 6.07) is 0. The quantitative estimate of drug-likeness (QED) is 0.447. The van der Waals surface area contributed by atoms with Crippen LogP contribution in [-0.4, -0.2) is 23.9 Å². The molecule has 0 aliphatic carbocycles. The first kappa shape index (κ1) is 11.1. The molecule has 1 heterocycles. The minimum Gasteiger partial charge on any atom is -1.00 e. The fraction of sp³-hybridized carbons (Fsp3) is 0.625. The zero-order chi connectivity index (χ0) is 7.45. The maximum Gasteiger partial charge on any atom is 0.194 e. The van der Waals surface area contributed by atoms with Crippen molar-refractivity contribution in [2.24, 2.45) is 4.99 Å². The lowest BCUT2D eigenvalue weighted by Crippen LogP contribution is -3.00. The topological polar surface area (TPSA) is 12.4 Å². The molecule has 0 radical (unpaired) electrons. The third-order valence-corrected chi connectivity index (χ3v) is 1.97. The second-order valence-corrected chi connectivity index (χ2v) is 2.71. The standard InChI is InChI=1S/C8H15N2.HI/c1-3-6-10(4-2)7-5-9-8-10;/h5,7-8H,3-4,6H2,1-2H3;1H/q+1;/p-1. The molecule has 0 aromatic carbocycles. The van der Waals surface area contributed by atoms with E-state index < -0.39 is 0 Å². The first-order valence-electron chi connectivity index (χ1n) is 3.91. The molecule has 1 unspecified atom stereocenters. The number of nitrogens with zero attached hydrogens (tertiary/aromatic N) is 2. The maximum atomic E-state index is 4.09. The Balaban J connectivity index is 0.000001000. The van der Waals surface area contributed by atoms with Crippen molar-refractivity contribution in [1.29, 1.82) is 0 Å². The van der Waals surface area contributed by atoms with Gasteiger partial charge in [0.1, 0.15) is 6.20 Å². The van der Waals surface area contributed by atoms with Crippen LogP contribution >= 0.6 is 0 Å². The van der Waals surface area contributed by atoms with Gasteiger partial charge in [0.05, 0.1) is 19.3 Å². The van der Waals surface area contributed by atoms with Gasteiger partial charge in [-0.2, -0.15) is 0 Å². The van der Waals surface area contributed by atoms with Crippen LogP contribution in [-0.2, 0) is 0 Å². The molecule has 1 rings (SSSR count). The second kappa shape index (κ2) is 4.87. The summed E-state index contributed by atoms with van der Waals surface area (Å²) in [5, 5.41) is 0. The smallest absolute Gasteiger partial charge is 0.194 e. The van der Waals surface area contributed by atoms with Gasteiger partial charge in [-0.1, -0.05) is 6.92 Å². The van der Waals surface area contributed by atoms with Crippen LogP contribution in [0.5, 0.6) is 0 Å². The zero-order valence-corrected chi connectivity index (χ0v) is 9.28. The minimum absolute atomic E-state index is 0. The van der Waals surface area contributed by atoms with Gasteiger partial charge in [0.25, 0.3) is 0 Å². The zero-order valence-electron chi connectivity index (χ0n) is 7.13. The van der Waals surface area contributed by atoms with E-state index in [2.05, 4.69) is 25.0 Å². The maximum absolute atomic E-state index is 4.09. The van der Waals surface area contributed by atoms with Crippen LogP contribution in [0, 0.1) is 0 Å². The summed E-state index contributed by atoms with van der Waals surface area (Å²) >= 11 is 0. The van der Waals surface area contributed by atoms with Gasteiger partial charge in [0.15, 0.2) is 6.34 Å². The first-order valence-corrected chi connectivity index (χ1v) is 3.91. The van der Waals surface area contributed by atoms with Crippen LogP contribution in [0.1, 0.15) is 20.3 Å². The van der Waals surface area contributed by atoms with Crippen molar-refractivity contribution < 1.29 is 28.5 Å².